The maximum Gasteiger partial charge on any atom is 0.251 e. The Bertz CT molecular complexity index is 445. The molecule has 1 atom stereocenters. The van der Waals surface area contributed by atoms with Crippen molar-refractivity contribution in [1.29, 1.82) is 0 Å². The normalized spacial score (nSPS) is 11.7. The third-order valence-corrected chi connectivity index (χ3v) is 2.62. The lowest BCUT2D eigenvalue weighted by Crippen LogP contribution is -2.40. The fourth-order valence-electron chi connectivity index (χ4n) is 1.56. The molecular weight excluding hydrogens is 258 g/mol. The van der Waals surface area contributed by atoms with Gasteiger partial charge in [0.2, 0.25) is 5.91 Å². The van der Waals surface area contributed by atoms with Crippen molar-refractivity contribution in [2.24, 2.45) is 0 Å². The molecule has 4 N–H and O–H groups in total. The van der Waals surface area contributed by atoms with E-state index in [1.54, 1.807) is 24.3 Å². The molecule has 0 radical (unpaired) electrons. The van der Waals surface area contributed by atoms with Crippen molar-refractivity contribution in [1.82, 2.24) is 10.6 Å². The fourth-order valence-corrected chi connectivity index (χ4v) is 1.56. The third kappa shape index (κ3) is 5.71. The molecule has 20 heavy (non-hydrogen) atoms. The molecule has 1 rings (SSSR count). The van der Waals surface area contributed by atoms with Gasteiger partial charge in [-0.05, 0) is 38.1 Å². The second kappa shape index (κ2) is 8.16. The molecule has 0 spiro atoms. The van der Waals surface area contributed by atoms with Crippen LogP contribution in [0.4, 0.5) is 5.69 Å². The Hall–Kier alpha value is -2.08. The maximum atomic E-state index is 11.7. The summed E-state index contributed by atoms with van der Waals surface area (Å²) in [6.45, 7) is 4.72. The average Bonchev–Trinajstić information content (AvgIpc) is 2.43. The lowest BCUT2D eigenvalue weighted by Gasteiger charge is -2.12. The van der Waals surface area contributed by atoms with E-state index in [0.717, 1.165) is 0 Å². The van der Waals surface area contributed by atoms with Gasteiger partial charge in [-0.15, -0.1) is 0 Å². The molecule has 0 saturated heterocycles. The minimum atomic E-state index is -0.307. The Morgan fingerprint density at radius 2 is 1.90 bits per heavy atom. The number of benzene rings is 1. The standard InChI is InChI=1S/C14H21N3O3/c1-3-20-10(2)8-16-13(18)9-17-14(19)11-4-6-12(15)7-5-11/h4-7,10H,3,8-9,15H2,1-2H3,(H,16,18)(H,17,19). The van der Waals surface area contributed by atoms with Gasteiger partial charge in [-0.3, -0.25) is 9.59 Å². The van der Waals surface area contributed by atoms with Crippen LogP contribution in [0.15, 0.2) is 24.3 Å². The smallest absolute Gasteiger partial charge is 0.251 e. The summed E-state index contributed by atoms with van der Waals surface area (Å²) in [7, 11) is 0. The second-order valence-electron chi connectivity index (χ2n) is 4.37. The Balaban J connectivity index is 2.30. The summed E-state index contributed by atoms with van der Waals surface area (Å²) in [4.78, 5) is 23.3. The van der Waals surface area contributed by atoms with Gasteiger partial charge in [0.1, 0.15) is 0 Å². The van der Waals surface area contributed by atoms with Crippen molar-refractivity contribution in [3.8, 4) is 0 Å². The molecule has 110 valence electrons. The van der Waals surface area contributed by atoms with E-state index >= 15 is 0 Å². The van der Waals surface area contributed by atoms with E-state index in [-0.39, 0.29) is 24.5 Å². The molecule has 6 nitrogen and oxygen atoms in total. The molecule has 1 aromatic carbocycles. The van der Waals surface area contributed by atoms with E-state index < -0.39 is 0 Å². The van der Waals surface area contributed by atoms with Crippen molar-refractivity contribution in [2.75, 3.05) is 25.4 Å². The molecule has 0 bridgehead atoms. The zero-order chi connectivity index (χ0) is 15.0. The molecule has 1 unspecified atom stereocenters. The van der Waals surface area contributed by atoms with Crippen molar-refractivity contribution < 1.29 is 14.3 Å². The Morgan fingerprint density at radius 3 is 2.50 bits per heavy atom. The van der Waals surface area contributed by atoms with E-state index in [1.807, 2.05) is 13.8 Å². The van der Waals surface area contributed by atoms with Crippen molar-refractivity contribution >= 4 is 17.5 Å². The van der Waals surface area contributed by atoms with Crippen LogP contribution in [0.2, 0.25) is 0 Å². The van der Waals surface area contributed by atoms with Gasteiger partial charge in [0.05, 0.1) is 12.6 Å². The van der Waals surface area contributed by atoms with Crippen LogP contribution >= 0.6 is 0 Å². The first-order chi connectivity index (χ1) is 9.52. The SMILES string of the molecule is CCOC(C)CNC(=O)CNC(=O)c1ccc(N)cc1. The largest absolute Gasteiger partial charge is 0.399 e. The van der Waals surface area contributed by atoms with E-state index in [2.05, 4.69) is 10.6 Å². The van der Waals surface area contributed by atoms with Crippen molar-refractivity contribution in [2.45, 2.75) is 20.0 Å². The predicted octanol–water partition coefficient (Wildman–Crippen LogP) is 0.540. The Morgan fingerprint density at radius 1 is 1.25 bits per heavy atom. The summed E-state index contributed by atoms with van der Waals surface area (Å²) >= 11 is 0. The number of rotatable bonds is 7. The number of ether oxygens (including phenoxy) is 1. The van der Waals surface area contributed by atoms with Crippen molar-refractivity contribution in [3.63, 3.8) is 0 Å². The first-order valence-electron chi connectivity index (χ1n) is 6.55. The number of carbonyl (C=O) groups is 2. The van der Waals surface area contributed by atoms with Gasteiger partial charge < -0.3 is 21.1 Å². The summed E-state index contributed by atoms with van der Waals surface area (Å²) in [6.07, 6.45) is -0.0447. The number of nitrogen functional groups attached to an aromatic ring is 1. The van der Waals surface area contributed by atoms with Crippen LogP contribution in [-0.4, -0.2) is 37.6 Å². The van der Waals surface area contributed by atoms with E-state index in [4.69, 9.17) is 10.5 Å². The molecule has 1 aromatic rings. The summed E-state index contributed by atoms with van der Waals surface area (Å²) in [5.41, 5.74) is 6.59. The van der Waals surface area contributed by atoms with Crippen molar-refractivity contribution in [3.05, 3.63) is 29.8 Å². The summed E-state index contributed by atoms with van der Waals surface area (Å²) in [6, 6.07) is 6.50. The van der Waals surface area contributed by atoms with Gasteiger partial charge in [-0.1, -0.05) is 0 Å². The lowest BCUT2D eigenvalue weighted by atomic mass is 10.2. The number of amides is 2. The summed E-state index contributed by atoms with van der Waals surface area (Å²) in [5, 5.41) is 5.23. The van der Waals surface area contributed by atoms with Gasteiger partial charge in [-0.25, -0.2) is 0 Å². The van der Waals surface area contributed by atoms with E-state index in [9.17, 15) is 9.59 Å². The number of nitrogens with one attached hydrogen (secondary N) is 2. The van der Waals surface area contributed by atoms with Gasteiger partial charge in [0.15, 0.2) is 0 Å². The average molecular weight is 279 g/mol. The zero-order valence-corrected chi connectivity index (χ0v) is 11.8. The van der Waals surface area contributed by atoms with Gasteiger partial charge in [0, 0.05) is 24.4 Å². The highest BCUT2D eigenvalue weighted by Crippen LogP contribution is 2.04. The molecule has 0 fully saturated rings. The number of hydrogen-bond donors (Lipinski definition) is 3. The maximum absolute atomic E-state index is 11.7. The topological polar surface area (TPSA) is 93.5 Å². The van der Waals surface area contributed by atoms with Crippen LogP contribution in [0.5, 0.6) is 0 Å². The fraction of sp³-hybridized carbons (Fsp3) is 0.429. The molecule has 2 amide bonds. The summed E-state index contributed by atoms with van der Waals surface area (Å²) in [5.74, 6) is -0.557. The number of hydrogen-bond acceptors (Lipinski definition) is 4. The number of carbonyl (C=O) groups excluding carboxylic acids is 2. The van der Waals surface area contributed by atoms with Crippen LogP contribution in [-0.2, 0) is 9.53 Å². The van der Waals surface area contributed by atoms with Crippen LogP contribution in [0.1, 0.15) is 24.2 Å². The molecule has 0 saturated carbocycles. The van der Waals surface area contributed by atoms with Crippen LogP contribution in [0.25, 0.3) is 0 Å². The zero-order valence-electron chi connectivity index (χ0n) is 11.8. The van der Waals surface area contributed by atoms with E-state index in [1.165, 1.54) is 0 Å². The molecule has 0 aliphatic rings. The van der Waals surface area contributed by atoms with Gasteiger partial charge >= 0.3 is 0 Å². The monoisotopic (exact) mass is 279 g/mol. The Kier molecular flexibility index (Phi) is 6.52. The molecule has 0 heterocycles. The first-order valence-corrected chi connectivity index (χ1v) is 6.55. The first kappa shape index (κ1) is 16.0. The minimum Gasteiger partial charge on any atom is -0.399 e. The number of anilines is 1. The molecular formula is C14H21N3O3. The Labute approximate surface area is 118 Å². The minimum absolute atomic E-state index is 0.0447. The summed E-state index contributed by atoms with van der Waals surface area (Å²) < 4.78 is 5.28. The third-order valence-electron chi connectivity index (χ3n) is 2.62. The van der Waals surface area contributed by atoms with Crippen LogP contribution < -0.4 is 16.4 Å². The number of nitrogens with two attached hydrogens (primary N) is 1. The molecule has 0 aliphatic heterocycles. The molecule has 6 heteroatoms. The van der Waals surface area contributed by atoms with Crippen LogP contribution in [0, 0.1) is 0 Å². The highest BCUT2D eigenvalue weighted by Gasteiger charge is 2.08. The lowest BCUT2D eigenvalue weighted by molar-refractivity contribution is -0.120. The van der Waals surface area contributed by atoms with Gasteiger partial charge in [-0.2, -0.15) is 0 Å². The predicted molar refractivity (Wildman–Crippen MR) is 77.3 cm³/mol. The van der Waals surface area contributed by atoms with Gasteiger partial charge in [0.25, 0.3) is 5.91 Å². The highest BCUT2D eigenvalue weighted by molar-refractivity contribution is 5.96. The quantitative estimate of drug-likeness (QED) is 0.635. The second-order valence-corrected chi connectivity index (χ2v) is 4.37. The highest BCUT2D eigenvalue weighted by atomic mass is 16.5. The van der Waals surface area contributed by atoms with Crippen LogP contribution in [0.3, 0.4) is 0 Å². The van der Waals surface area contributed by atoms with E-state index in [0.29, 0.717) is 24.4 Å². The molecule has 0 aromatic heterocycles. The molecule has 0 aliphatic carbocycles.